The van der Waals surface area contributed by atoms with E-state index in [1.807, 2.05) is 33.8 Å². The van der Waals surface area contributed by atoms with Crippen molar-refractivity contribution in [3.63, 3.8) is 0 Å². The van der Waals surface area contributed by atoms with E-state index in [0.717, 1.165) is 12.8 Å². The molecule has 1 aromatic rings. The number of rotatable bonds is 3. The number of hydrazine groups is 1. The van der Waals surface area contributed by atoms with Crippen LogP contribution in [0.2, 0.25) is 0 Å². The predicted molar refractivity (Wildman–Crippen MR) is 87.8 cm³/mol. The van der Waals surface area contributed by atoms with Crippen LogP contribution in [0.1, 0.15) is 57.3 Å². The monoisotopic (exact) mass is 300 g/mol. The average molecular weight is 300 g/mol. The van der Waals surface area contributed by atoms with Crippen LogP contribution >= 0.6 is 0 Å². The molecule has 1 aromatic carbocycles. The summed E-state index contributed by atoms with van der Waals surface area (Å²) in [6.07, 6.45) is 1.85. The Kier molecular flexibility index (Phi) is 6.65. The third-order valence-corrected chi connectivity index (χ3v) is 2.91. The number of amides is 2. The van der Waals surface area contributed by atoms with Crippen molar-refractivity contribution in [3.05, 3.63) is 35.9 Å². The van der Waals surface area contributed by atoms with Crippen LogP contribution in [0.5, 0.6) is 0 Å². The van der Waals surface area contributed by atoms with Gasteiger partial charge in [0.1, 0.15) is 0 Å². The smallest absolute Gasteiger partial charge is 0.269 e. The fraction of sp³-hybridized carbons (Fsp3) is 0.444. The van der Waals surface area contributed by atoms with Gasteiger partial charge in [-0.1, -0.05) is 31.0 Å². The van der Waals surface area contributed by atoms with Gasteiger partial charge in [0.15, 0.2) is 0 Å². The molecule has 2 amide bonds. The Morgan fingerprint density at radius 3 is 2.32 bits per heavy atom. The third kappa shape index (κ3) is 5.61. The molecule has 0 aliphatic carbocycles. The maximum absolute atomic E-state index is 12.3. The summed E-state index contributed by atoms with van der Waals surface area (Å²) in [7, 11) is 0. The number of hydrogen-bond acceptors (Lipinski definition) is 2. The van der Waals surface area contributed by atoms with Crippen molar-refractivity contribution in [2.75, 3.05) is 0 Å². The molecule has 0 aliphatic heterocycles. The van der Waals surface area contributed by atoms with Gasteiger partial charge in [-0.2, -0.15) is 0 Å². The minimum Gasteiger partial charge on any atom is -0.272 e. The molecule has 0 bridgehead atoms. The molecule has 4 nitrogen and oxygen atoms in total. The van der Waals surface area contributed by atoms with E-state index >= 15 is 0 Å². The van der Waals surface area contributed by atoms with Crippen molar-refractivity contribution < 1.29 is 9.59 Å². The number of nitrogens with one attached hydrogen (secondary N) is 1. The molecule has 1 N–H and O–H groups in total. The van der Waals surface area contributed by atoms with E-state index in [2.05, 4.69) is 17.3 Å². The summed E-state index contributed by atoms with van der Waals surface area (Å²) in [5.74, 6) is 5.30. The van der Waals surface area contributed by atoms with Crippen molar-refractivity contribution in [1.29, 1.82) is 0 Å². The molecule has 0 atom stereocenters. The molecule has 0 saturated heterocycles. The molecule has 0 heterocycles. The van der Waals surface area contributed by atoms with E-state index in [1.54, 1.807) is 24.3 Å². The topological polar surface area (TPSA) is 49.4 Å². The molecule has 0 aliphatic rings. The number of carbonyl (C=O) groups is 2. The lowest BCUT2D eigenvalue weighted by Crippen LogP contribution is -2.55. The Labute approximate surface area is 132 Å². The van der Waals surface area contributed by atoms with Gasteiger partial charge in [0.25, 0.3) is 11.8 Å². The Bertz CT molecular complexity index is 562. The minimum atomic E-state index is -0.520. The van der Waals surface area contributed by atoms with E-state index < -0.39 is 5.54 Å². The maximum Gasteiger partial charge on any atom is 0.269 e. The quantitative estimate of drug-likeness (QED) is 0.688. The van der Waals surface area contributed by atoms with E-state index in [-0.39, 0.29) is 18.2 Å². The molecule has 4 heteroatoms. The molecule has 0 spiro atoms. The second-order valence-electron chi connectivity index (χ2n) is 5.99. The largest absolute Gasteiger partial charge is 0.272 e. The fourth-order valence-corrected chi connectivity index (χ4v) is 1.79. The Hall–Kier alpha value is -2.28. The molecule has 0 unspecified atom stereocenters. The number of unbranched alkanes of at least 4 members (excludes halogenated alkanes) is 1. The van der Waals surface area contributed by atoms with Crippen LogP contribution in [0.4, 0.5) is 0 Å². The first-order valence-electron chi connectivity index (χ1n) is 7.51. The number of benzene rings is 1. The summed E-state index contributed by atoms with van der Waals surface area (Å²) in [5, 5.41) is 1.36. The van der Waals surface area contributed by atoms with Gasteiger partial charge in [-0.25, -0.2) is 5.01 Å². The van der Waals surface area contributed by atoms with Crippen molar-refractivity contribution in [3.8, 4) is 11.8 Å². The standard InChI is InChI=1S/C18H24N2O2/c1-5-6-7-11-14-16(21)20(18(2,3)4)19-17(22)15-12-9-8-10-13-15/h8-10,12-13H,5-6,14H2,1-4H3,(H,19,22). The minimum absolute atomic E-state index is 0.104. The van der Waals surface area contributed by atoms with Gasteiger partial charge in [0, 0.05) is 12.0 Å². The van der Waals surface area contributed by atoms with E-state index in [1.165, 1.54) is 5.01 Å². The van der Waals surface area contributed by atoms with Gasteiger partial charge < -0.3 is 0 Å². The molecular weight excluding hydrogens is 276 g/mol. The van der Waals surface area contributed by atoms with Gasteiger partial charge in [-0.15, -0.1) is 5.92 Å². The molecule has 0 radical (unpaired) electrons. The van der Waals surface area contributed by atoms with E-state index in [4.69, 9.17) is 0 Å². The zero-order valence-electron chi connectivity index (χ0n) is 13.8. The predicted octanol–water partition coefficient (Wildman–Crippen LogP) is 3.15. The molecule has 0 fully saturated rings. The van der Waals surface area contributed by atoms with Crippen LogP contribution in [-0.2, 0) is 4.79 Å². The lowest BCUT2D eigenvalue weighted by Gasteiger charge is -2.35. The molecule has 0 aromatic heterocycles. The summed E-state index contributed by atoms with van der Waals surface area (Å²) < 4.78 is 0. The van der Waals surface area contributed by atoms with Crippen molar-refractivity contribution >= 4 is 11.8 Å². The van der Waals surface area contributed by atoms with Crippen LogP contribution in [0.3, 0.4) is 0 Å². The first-order valence-corrected chi connectivity index (χ1v) is 7.51. The van der Waals surface area contributed by atoms with Gasteiger partial charge in [-0.05, 0) is 39.3 Å². The van der Waals surface area contributed by atoms with Crippen molar-refractivity contribution in [2.24, 2.45) is 0 Å². The van der Waals surface area contributed by atoms with E-state index in [0.29, 0.717) is 5.56 Å². The molecule has 1 rings (SSSR count). The zero-order chi connectivity index (χ0) is 16.6. The lowest BCUT2D eigenvalue weighted by molar-refractivity contribution is -0.138. The third-order valence-electron chi connectivity index (χ3n) is 2.91. The molecular formula is C18H24N2O2. The maximum atomic E-state index is 12.3. The lowest BCUT2D eigenvalue weighted by atomic mass is 10.1. The highest BCUT2D eigenvalue weighted by molar-refractivity contribution is 5.95. The number of nitrogens with zero attached hydrogens (tertiary/aromatic N) is 1. The normalized spacial score (nSPS) is 10.4. The first-order chi connectivity index (χ1) is 10.4. The van der Waals surface area contributed by atoms with Gasteiger partial charge >= 0.3 is 0 Å². The Morgan fingerprint density at radius 2 is 1.77 bits per heavy atom. The summed E-state index contributed by atoms with van der Waals surface area (Å²) in [5.41, 5.74) is 2.69. The highest BCUT2D eigenvalue weighted by Gasteiger charge is 2.28. The van der Waals surface area contributed by atoms with E-state index in [9.17, 15) is 9.59 Å². The average Bonchev–Trinajstić information content (AvgIpc) is 2.48. The molecule has 118 valence electrons. The Morgan fingerprint density at radius 1 is 1.14 bits per heavy atom. The van der Waals surface area contributed by atoms with Crippen LogP contribution in [0, 0.1) is 11.8 Å². The van der Waals surface area contributed by atoms with Crippen LogP contribution in [-0.4, -0.2) is 22.4 Å². The SMILES string of the molecule is CCCC#CCC(=O)N(NC(=O)c1ccccc1)C(C)(C)C. The second kappa shape index (κ2) is 8.23. The fourth-order valence-electron chi connectivity index (χ4n) is 1.79. The highest BCUT2D eigenvalue weighted by atomic mass is 16.2. The number of carbonyl (C=O) groups excluding carboxylic acids is 2. The molecule has 0 saturated carbocycles. The summed E-state index contributed by atoms with van der Waals surface area (Å²) in [6, 6.07) is 8.83. The molecule has 22 heavy (non-hydrogen) atoms. The first kappa shape index (κ1) is 17.8. The van der Waals surface area contributed by atoms with Crippen molar-refractivity contribution in [2.45, 2.75) is 52.5 Å². The van der Waals surface area contributed by atoms with Crippen LogP contribution < -0.4 is 5.43 Å². The van der Waals surface area contributed by atoms with Gasteiger partial charge in [-0.3, -0.25) is 15.0 Å². The summed E-state index contributed by atoms with van der Waals surface area (Å²) in [6.45, 7) is 7.65. The summed E-state index contributed by atoms with van der Waals surface area (Å²) in [4.78, 5) is 24.6. The van der Waals surface area contributed by atoms with Crippen LogP contribution in [0.15, 0.2) is 30.3 Å². The zero-order valence-corrected chi connectivity index (χ0v) is 13.8. The number of hydrogen-bond donors (Lipinski definition) is 1. The van der Waals surface area contributed by atoms with Gasteiger partial charge in [0.05, 0.1) is 12.0 Å². The summed E-state index contributed by atoms with van der Waals surface area (Å²) >= 11 is 0. The van der Waals surface area contributed by atoms with Gasteiger partial charge in [0.2, 0.25) is 0 Å². The second-order valence-corrected chi connectivity index (χ2v) is 5.99. The Balaban J connectivity index is 2.80. The van der Waals surface area contributed by atoms with Crippen LogP contribution in [0.25, 0.3) is 0 Å². The van der Waals surface area contributed by atoms with Crippen molar-refractivity contribution in [1.82, 2.24) is 10.4 Å². The highest BCUT2D eigenvalue weighted by Crippen LogP contribution is 2.13.